The van der Waals surface area contributed by atoms with Crippen LogP contribution in [-0.4, -0.2) is 30.1 Å². The van der Waals surface area contributed by atoms with Crippen molar-refractivity contribution >= 4 is 5.95 Å². The molecule has 0 atom stereocenters. The second kappa shape index (κ2) is 4.66. The summed E-state index contributed by atoms with van der Waals surface area (Å²) in [6.07, 6.45) is 3.60. The molecule has 0 aromatic carbocycles. The van der Waals surface area contributed by atoms with Crippen LogP contribution in [0.15, 0.2) is 12.4 Å². The van der Waals surface area contributed by atoms with Crippen molar-refractivity contribution < 1.29 is 0 Å². The maximum atomic E-state index is 4.10. The van der Waals surface area contributed by atoms with E-state index in [1.807, 2.05) is 14.0 Å². The molecular weight excluding hydrogens is 152 g/mol. The monoisotopic (exact) mass is 166 g/mol. The molecule has 0 saturated carbocycles. The van der Waals surface area contributed by atoms with Crippen molar-refractivity contribution in [3.63, 3.8) is 0 Å². The van der Waals surface area contributed by atoms with Gasteiger partial charge in [0.1, 0.15) is 0 Å². The van der Waals surface area contributed by atoms with Gasteiger partial charge in [0.15, 0.2) is 0 Å². The van der Waals surface area contributed by atoms with Crippen LogP contribution in [0, 0.1) is 6.92 Å². The molecule has 0 bridgehead atoms. The predicted octanol–water partition coefficient (Wildman–Crippen LogP) is 0.416. The summed E-state index contributed by atoms with van der Waals surface area (Å²) in [5.74, 6) is 0.691. The molecular formula is C8H14N4. The number of anilines is 1. The van der Waals surface area contributed by atoms with E-state index in [2.05, 4.69) is 20.6 Å². The third-order valence-corrected chi connectivity index (χ3v) is 1.44. The summed E-state index contributed by atoms with van der Waals surface area (Å²) in [5.41, 5.74) is 1.08. The van der Waals surface area contributed by atoms with E-state index in [1.165, 1.54) is 0 Å². The first kappa shape index (κ1) is 8.93. The topological polar surface area (TPSA) is 49.8 Å². The molecule has 0 saturated heterocycles. The van der Waals surface area contributed by atoms with Crippen LogP contribution in [0.2, 0.25) is 0 Å². The molecule has 0 radical (unpaired) electrons. The summed E-state index contributed by atoms with van der Waals surface area (Å²) in [5, 5.41) is 6.12. The number of likely N-dealkylation sites (N-methyl/N-ethyl adjacent to an activating group) is 1. The summed E-state index contributed by atoms with van der Waals surface area (Å²) < 4.78 is 0. The van der Waals surface area contributed by atoms with Gasteiger partial charge in [0.25, 0.3) is 0 Å². The average molecular weight is 166 g/mol. The van der Waals surface area contributed by atoms with Crippen LogP contribution in [-0.2, 0) is 0 Å². The first-order valence-corrected chi connectivity index (χ1v) is 4.00. The van der Waals surface area contributed by atoms with E-state index < -0.39 is 0 Å². The van der Waals surface area contributed by atoms with Gasteiger partial charge in [-0.1, -0.05) is 0 Å². The molecule has 2 N–H and O–H groups in total. The Labute approximate surface area is 72.4 Å². The zero-order valence-corrected chi connectivity index (χ0v) is 7.46. The minimum absolute atomic E-state index is 0.691. The highest BCUT2D eigenvalue weighted by Crippen LogP contribution is 1.96. The highest BCUT2D eigenvalue weighted by molar-refractivity contribution is 5.23. The van der Waals surface area contributed by atoms with Crippen LogP contribution >= 0.6 is 0 Å². The summed E-state index contributed by atoms with van der Waals surface area (Å²) in [6.45, 7) is 3.73. The van der Waals surface area contributed by atoms with Crippen LogP contribution < -0.4 is 10.6 Å². The van der Waals surface area contributed by atoms with Crippen molar-refractivity contribution in [3.8, 4) is 0 Å². The van der Waals surface area contributed by atoms with Crippen LogP contribution in [0.1, 0.15) is 5.56 Å². The lowest BCUT2D eigenvalue weighted by Crippen LogP contribution is -2.18. The van der Waals surface area contributed by atoms with E-state index in [0.29, 0.717) is 5.95 Å². The van der Waals surface area contributed by atoms with Crippen LogP contribution in [0.3, 0.4) is 0 Å². The number of rotatable bonds is 4. The molecule has 0 fully saturated rings. The van der Waals surface area contributed by atoms with Gasteiger partial charge < -0.3 is 10.6 Å². The zero-order valence-electron chi connectivity index (χ0n) is 7.46. The molecule has 0 aliphatic heterocycles. The zero-order chi connectivity index (χ0) is 8.81. The van der Waals surface area contributed by atoms with Crippen LogP contribution in [0.25, 0.3) is 0 Å². The third kappa shape index (κ3) is 2.84. The van der Waals surface area contributed by atoms with E-state index in [4.69, 9.17) is 0 Å². The van der Waals surface area contributed by atoms with E-state index in [0.717, 1.165) is 18.7 Å². The molecule has 1 rings (SSSR count). The molecule has 0 unspecified atom stereocenters. The molecule has 1 aromatic rings. The summed E-state index contributed by atoms with van der Waals surface area (Å²) in [6, 6.07) is 0. The number of aryl methyl sites for hydroxylation is 1. The quantitative estimate of drug-likeness (QED) is 0.636. The van der Waals surface area contributed by atoms with Gasteiger partial charge in [-0.15, -0.1) is 0 Å². The van der Waals surface area contributed by atoms with Crippen molar-refractivity contribution in [2.24, 2.45) is 0 Å². The number of nitrogens with one attached hydrogen (secondary N) is 2. The molecule has 66 valence electrons. The van der Waals surface area contributed by atoms with Gasteiger partial charge in [0.2, 0.25) is 5.95 Å². The van der Waals surface area contributed by atoms with Gasteiger partial charge in [0.05, 0.1) is 0 Å². The maximum Gasteiger partial charge on any atom is 0.222 e. The highest BCUT2D eigenvalue weighted by Gasteiger charge is 1.91. The van der Waals surface area contributed by atoms with Crippen molar-refractivity contribution in [2.75, 3.05) is 25.5 Å². The number of hydrogen-bond donors (Lipinski definition) is 2. The van der Waals surface area contributed by atoms with Gasteiger partial charge in [0, 0.05) is 25.5 Å². The Bertz CT molecular complexity index is 219. The Morgan fingerprint density at radius 1 is 1.25 bits per heavy atom. The van der Waals surface area contributed by atoms with Crippen molar-refractivity contribution in [2.45, 2.75) is 6.92 Å². The molecule has 4 heteroatoms. The molecule has 1 aromatic heterocycles. The molecule has 0 amide bonds. The Morgan fingerprint density at radius 3 is 2.50 bits per heavy atom. The summed E-state index contributed by atoms with van der Waals surface area (Å²) in [4.78, 5) is 8.20. The van der Waals surface area contributed by atoms with Gasteiger partial charge in [-0.3, -0.25) is 0 Å². The van der Waals surface area contributed by atoms with Gasteiger partial charge in [-0.2, -0.15) is 0 Å². The summed E-state index contributed by atoms with van der Waals surface area (Å²) >= 11 is 0. The Balaban J connectivity index is 2.37. The lowest BCUT2D eigenvalue weighted by Gasteiger charge is -2.02. The highest BCUT2D eigenvalue weighted by atomic mass is 15.1. The van der Waals surface area contributed by atoms with E-state index >= 15 is 0 Å². The van der Waals surface area contributed by atoms with Gasteiger partial charge in [-0.25, -0.2) is 9.97 Å². The second-order valence-corrected chi connectivity index (χ2v) is 2.61. The minimum Gasteiger partial charge on any atom is -0.353 e. The molecule has 0 aliphatic rings. The average Bonchev–Trinajstić information content (AvgIpc) is 2.09. The SMILES string of the molecule is CNCCNc1ncc(C)cn1. The standard InChI is InChI=1S/C8H14N4/c1-7-5-11-8(12-6-7)10-4-3-9-2/h5-6,9H,3-4H2,1-2H3,(H,10,11,12). The van der Waals surface area contributed by atoms with Gasteiger partial charge in [-0.05, 0) is 19.5 Å². The van der Waals surface area contributed by atoms with E-state index in [1.54, 1.807) is 12.4 Å². The molecule has 0 spiro atoms. The van der Waals surface area contributed by atoms with Gasteiger partial charge >= 0.3 is 0 Å². The van der Waals surface area contributed by atoms with E-state index in [9.17, 15) is 0 Å². The molecule has 0 aliphatic carbocycles. The fourth-order valence-electron chi connectivity index (χ4n) is 0.783. The Morgan fingerprint density at radius 2 is 1.92 bits per heavy atom. The first-order valence-electron chi connectivity index (χ1n) is 4.00. The lowest BCUT2D eigenvalue weighted by atomic mass is 10.4. The molecule has 1 heterocycles. The third-order valence-electron chi connectivity index (χ3n) is 1.44. The van der Waals surface area contributed by atoms with Crippen molar-refractivity contribution in [1.29, 1.82) is 0 Å². The summed E-state index contributed by atoms with van der Waals surface area (Å²) in [7, 11) is 1.91. The molecule has 12 heavy (non-hydrogen) atoms. The molecule has 4 nitrogen and oxygen atoms in total. The lowest BCUT2D eigenvalue weighted by molar-refractivity contribution is 0.817. The Kier molecular flexibility index (Phi) is 3.47. The largest absolute Gasteiger partial charge is 0.353 e. The van der Waals surface area contributed by atoms with Crippen LogP contribution in [0.4, 0.5) is 5.95 Å². The normalized spacial score (nSPS) is 9.83. The number of nitrogens with zero attached hydrogens (tertiary/aromatic N) is 2. The smallest absolute Gasteiger partial charge is 0.222 e. The van der Waals surface area contributed by atoms with Crippen molar-refractivity contribution in [3.05, 3.63) is 18.0 Å². The fraction of sp³-hybridized carbons (Fsp3) is 0.500. The van der Waals surface area contributed by atoms with Crippen molar-refractivity contribution in [1.82, 2.24) is 15.3 Å². The van der Waals surface area contributed by atoms with Crippen LogP contribution in [0.5, 0.6) is 0 Å². The minimum atomic E-state index is 0.691. The number of aromatic nitrogens is 2. The second-order valence-electron chi connectivity index (χ2n) is 2.61. The fourth-order valence-corrected chi connectivity index (χ4v) is 0.783. The predicted molar refractivity (Wildman–Crippen MR) is 49.2 cm³/mol. The maximum absolute atomic E-state index is 4.10. The first-order chi connectivity index (χ1) is 5.83. The number of hydrogen-bond acceptors (Lipinski definition) is 4. The Hall–Kier alpha value is -1.16. The van der Waals surface area contributed by atoms with E-state index in [-0.39, 0.29) is 0 Å².